The molecule has 9 heteroatoms. The van der Waals surface area contributed by atoms with E-state index in [1.54, 1.807) is 4.90 Å². The molecule has 0 aliphatic carbocycles. The van der Waals surface area contributed by atoms with Gasteiger partial charge in [0.1, 0.15) is 5.82 Å². The molecule has 1 amide bonds. The zero-order valence-electron chi connectivity index (χ0n) is 16.2. The van der Waals surface area contributed by atoms with Gasteiger partial charge in [-0.15, -0.1) is 0 Å². The maximum absolute atomic E-state index is 13.0. The van der Waals surface area contributed by atoms with Crippen molar-refractivity contribution in [1.82, 2.24) is 14.9 Å². The monoisotopic (exact) mass is 416 g/mol. The molecule has 4 rings (SSSR count). The Kier molecular flexibility index (Phi) is 5.19. The second-order valence-corrected chi connectivity index (χ2v) is 7.08. The minimum Gasteiger partial charge on any atom is -0.443 e. The van der Waals surface area contributed by atoms with Crippen molar-refractivity contribution in [2.75, 3.05) is 31.1 Å². The third-order valence-electron chi connectivity index (χ3n) is 5.02. The highest BCUT2D eigenvalue weighted by molar-refractivity contribution is 5.97. The van der Waals surface area contributed by atoms with Gasteiger partial charge in [0.2, 0.25) is 0 Å². The second-order valence-electron chi connectivity index (χ2n) is 7.08. The molecule has 0 radical (unpaired) electrons. The number of anilines is 1. The predicted molar refractivity (Wildman–Crippen MR) is 104 cm³/mol. The van der Waals surface area contributed by atoms with E-state index in [0.29, 0.717) is 37.8 Å². The number of oxazole rings is 1. The van der Waals surface area contributed by atoms with Crippen LogP contribution in [0.1, 0.15) is 21.6 Å². The van der Waals surface area contributed by atoms with E-state index in [1.165, 1.54) is 12.5 Å². The van der Waals surface area contributed by atoms with Gasteiger partial charge < -0.3 is 14.2 Å². The van der Waals surface area contributed by atoms with Crippen molar-refractivity contribution in [3.05, 3.63) is 65.8 Å². The second kappa shape index (κ2) is 7.81. The first-order valence-electron chi connectivity index (χ1n) is 9.41. The molecular formula is C21H19F3N4O2. The van der Waals surface area contributed by atoms with Crippen molar-refractivity contribution >= 4 is 11.7 Å². The first-order chi connectivity index (χ1) is 14.3. The van der Waals surface area contributed by atoms with E-state index in [-0.39, 0.29) is 11.6 Å². The van der Waals surface area contributed by atoms with Crippen LogP contribution in [0, 0.1) is 6.92 Å². The fourth-order valence-corrected chi connectivity index (χ4v) is 3.42. The number of carbonyl (C=O) groups excluding carboxylic acids is 1. The molecule has 3 aromatic rings. The molecule has 156 valence electrons. The molecule has 2 aromatic heterocycles. The Balaban J connectivity index is 1.44. The molecule has 0 atom stereocenters. The lowest BCUT2D eigenvalue weighted by molar-refractivity contribution is -0.137. The van der Waals surface area contributed by atoms with Gasteiger partial charge in [0.05, 0.1) is 5.56 Å². The summed E-state index contributed by atoms with van der Waals surface area (Å²) in [5.41, 5.74) is 1.29. The molecule has 0 bridgehead atoms. The highest BCUT2D eigenvalue weighted by Crippen LogP contribution is 2.30. The molecule has 0 unspecified atom stereocenters. The Hall–Kier alpha value is -3.36. The van der Waals surface area contributed by atoms with Crippen molar-refractivity contribution in [2.45, 2.75) is 13.1 Å². The molecule has 3 heterocycles. The minimum atomic E-state index is -4.41. The van der Waals surface area contributed by atoms with E-state index in [1.807, 2.05) is 36.1 Å². The molecule has 1 aliphatic rings. The smallest absolute Gasteiger partial charge is 0.417 e. The van der Waals surface area contributed by atoms with Gasteiger partial charge >= 0.3 is 6.18 Å². The Bertz CT molecular complexity index is 1040. The number of alkyl halides is 3. The van der Waals surface area contributed by atoms with Crippen molar-refractivity contribution in [3.8, 4) is 11.3 Å². The summed E-state index contributed by atoms with van der Waals surface area (Å²) in [5.74, 6) is 0.646. The molecule has 1 aromatic carbocycles. The van der Waals surface area contributed by atoms with E-state index in [9.17, 15) is 18.0 Å². The number of benzene rings is 1. The lowest BCUT2D eigenvalue weighted by Crippen LogP contribution is -2.49. The number of nitrogens with zero attached hydrogens (tertiary/aromatic N) is 4. The number of carbonyl (C=O) groups is 1. The zero-order valence-corrected chi connectivity index (χ0v) is 16.2. The molecule has 0 saturated carbocycles. The largest absolute Gasteiger partial charge is 0.443 e. The molecule has 6 nitrogen and oxygen atoms in total. The number of hydrogen-bond donors (Lipinski definition) is 0. The van der Waals surface area contributed by atoms with Gasteiger partial charge in [0.15, 0.2) is 17.8 Å². The van der Waals surface area contributed by atoms with Gasteiger partial charge in [0.25, 0.3) is 5.91 Å². The number of piperazine rings is 1. The topological polar surface area (TPSA) is 62.5 Å². The molecular weight excluding hydrogens is 397 g/mol. The first-order valence-corrected chi connectivity index (χ1v) is 9.41. The average molecular weight is 416 g/mol. The van der Waals surface area contributed by atoms with Crippen LogP contribution in [0.4, 0.5) is 19.0 Å². The number of hydrogen-bond acceptors (Lipinski definition) is 5. The highest BCUT2D eigenvalue weighted by Gasteiger charge is 2.31. The van der Waals surface area contributed by atoms with Crippen LogP contribution >= 0.6 is 0 Å². The van der Waals surface area contributed by atoms with Crippen LogP contribution in [0.15, 0.2) is 53.4 Å². The summed E-state index contributed by atoms with van der Waals surface area (Å²) in [7, 11) is 0. The van der Waals surface area contributed by atoms with Gasteiger partial charge in [-0.1, -0.05) is 23.8 Å². The molecule has 1 aliphatic heterocycles. The van der Waals surface area contributed by atoms with Crippen LogP contribution in [-0.2, 0) is 6.18 Å². The number of rotatable bonds is 3. The SMILES string of the molecule is Cc1cccc(-c2ocnc2C(=O)N2CCN(c3ccc(C(F)(F)F)cn3)CC2)c1. The van der Waals surface area contributed by atoms with Crippen molar-refractivity contribution in [3.63, 3.8) is 0 Å². The third kappa shape index (κ3) is 4.00. The quantitative estimate of drug-likeness (QED) is 0.645. The molecule has 1 fully saturated rings. The summed E-state index contributed by atoms with van der Waals surface area (Å²) >= 11 is 0. The summed E-state index contributed by atoms with van der Waals surface area (Å²) in [6.07, 6.45) is -2.33. The number of pyridine rings is 1. The number of aromatic nitrogens is 2. The van der Waals surface area contributed by atoms with Crippen LogP contribution in [0.5, 0.6) is 0 Å². The van der Waals surface area contributed by atoms with Gasteiger partial charge in [-0.25, -0.2) is 9.97 Å². The van der Waals surface area contributed by atoms with Gasteiger partial charge in [-0.2, -0.15) is 13.2 Å². The summed E-state index contributed by atoms with van der Waals surface area (Å²) in [4.78, 5) is 24.5. The molecule has 0 N–H and O–H groups in total. The van der Waals surface area contributed by atoms with Crippen molar-refractivity contribution in [2.24, 2.45) is 0 Å². The summed E-state index contributed by atoms with van der Waals surface area (Å²) in [6.45, 7) is 3.68. The lowest BCUT2D eigenvalue weighted by Gasteiger charge is -2.35. The van der Waals surface area contributed by atoms with Crippen molar-refractivity contribution < 1.29 is 22.4 Å². The average Bonchev–Trinajstić information content (AvgIpc) is 3.23. The summed E-state index contributed by atoms with van der Waals surface area (Å²) in [6, 6.07) is 9.99. The molecule has 0 spiro atoms. The van der Waals surface area contributed by atoms with E-state index in [2.05, 4.69) is 9.97 Å². The van der Waals surface area contributed by atoms with Crippen LogP contribution in [0.3, 0.4) is 0 Å². The van der Waals surface area contributed by atoms with Gasteiger partial charge in [-0.05, 0) is 25.1 Å². The van der Waals surface area contributed by atoms with Crippen LogP contribution in [-0.4, -0.2) is 47.0 Å². The lowest BCUT2D eigenvalue weighted by atomic mass is 10.1. The fraction of sp³-hybridized carbons (Fsp3) is 0.286. The Morgan fingerprint density at radius 1 is 1.07 bits per heavy atom. The summed E-state index contributed by atoms with van der Waals surface area (Å²) < 4.78 is 43.6. The normalized spacial score (nSPS) is 14.8. The maximum Gasteiger partial charge on any atom is 0.417 e. The van der Waals surface area contributed by atoms with E-state index in [4.69, 9.17) is 4.42 Å². The van der Waals surface area contributed by atoms with E-state index in [0.717, 1.165) is 23.4 Å². The number of aryl methyl sites for hydroxylation is 1. The zero-order chi connectivity index (χ0) is 21.3. The van der Waals surface area contributed by atoms with E-state index < -0.39 is 11.7 Å². The number of halogens is 3. The minimum absolute atomic E-state index is 0.236. The maximum atomic E-state index is 13.0. The highest BCUT2D eigenvalue weighted by atomic mass is 19.4. The van der Waals surface area contributed by atoms with E-state index >= 15 is 0 Å². The Labute approximate surface area is 171 Å². The van der Waals surface area contributed by atoms with Crippen LogP contribution in [0.2, 0.25) is 0 Å². The van der Waals surface area contributed by atoms with Gasteiger partial charge in [-0.3, -0.25) is 4.79 Å². The number of amides is 1. The van der Waals surface area contributed by atoms with Crippen molar-refractivity contribution in [1.29, 1.82) is 0 Å². The van der Waals surface area contributed by atoms with Crippen LogP contribution in [0.25, 0.3) is 11.3 Å². The first kappa shape index (κ1) is 19.9. The predicted octanol–water partition coefficient (Wildman–Crippen LogP) is 4.03. The molecule has 1 saturated heterocycles. The van der Waals surface area contributed by atoms with Gasteiger partial charge in [0, 0.05) is 37.9 Å². The Morgan fingerprint density at radius 3 is 2.47 bits per heavy atom. The van der Waals surface area contributed by atoms with Crippen LogP contribution < -0.4 is 4.90 Å². The molecule has 30 heavy (non-hydrogen) atoms. The Morgan fingerprint density at radius 2 is 1.83 bits per heavy atom. The third-order valence-corrected chi connectivity index (χ3v) is 5.02. The fourth-order valence-electron chi connectivity index (χ4n) is 3.42. The summed E-state index contributed by atoms with van der Waals surface area (Å²) in [5, 5.41) is 0. The standard InChI is InChI=1S/C21H19F3N4O2/c1-14-3-2-4-15(11-14)19-18(26-13-30-19)20(29)28-9-7-27(8-10-28)17-6-5-16(12-25-17)21(22,23)24/h2-6,11-13H,7-10H2,1H3.